The molecule has 0 radical (unpaired) electrons. The van der Waals surface area contributed by atoms with Crippen LogP contribution in [0.3, 0.4) is 0 Å². The molecule has 24 heavy (non-hydrogen) atoms. The Morgan fingerprint density at radius 2 is 2.17 bits per heavy atom. The maximum absolute atomic E-state index is 13.0. The lowest BCUT2D eigenvalue weighted by Gasteiger charge is -2.36. The molecule has 6 nitrogen and oxygen atoms in total. The van der Waals surface area contributed by atoms with E-state index in [2.05, 4.69) is 31.7 Å². The summed E-state index contributed by atoms with van der Waals surface area (Å²) >= 11 is 3.44. The number of hydrogen-bond donors (Lipinski definition) is 2. The van der Waals surface area contributed by atoms with Crippen LogP contribution in [0.25, 0.3) is 0 Å². The first-order chi connectivity index (χ1) is 11.2. The van der Waals surface area contributed by atoms with Gasteiger partial charge in [0.1, 0.15) is 11.3 Å². The maximum atomic E-state index is 13.0. The third-order valence-corrected chi connectivity index (χ3v) is 4.83. The van der Waals surface area contributed by atoms with Crippen LogP contribution < -0.4 is 15.4 Å². The van der Waals surface area contributed by atoms with Crippen molar-refractivity contribution in [1.29, 1.82) is 0 Å². The Balaban J connectivity index is 0.00000208. The van der Waals surface area contributed by atoms with Gasteiger partial charge in [-0.15, -0.1) is 12.4 Å². The van der Waals surface area contributed by atoms with Crippen LogP contribution in [0.4, 0.5) is 5.69 Å². The number of nitrogens with one attached hydrogen (secondary N) is 2. The monoisotopic (exact) mass is 414 g/mol. The van der Waals surface area contributed by atoms with Crippen LogP contribution in [-0.2, 0) is 10.3 Å². The van der Waals surface area contributed by atoms with Crippen molar-refractivity contribution in [3.63, 3.8) is 0 Å². The highest BCUT2D eigenvalue weighted by Crippen LogP contribution is 2.31. The number of hydrogen-bond acceptors (Lipinski definition) is 4. The molecule has 0 spiro atoms. The van der Waals surface area contributed by atoms with E-state index in [1.54, 1.807) is 18.0 Å². The molecule has 1 aromatic heterocycles. The average Bonchev–Trinajstić information content (AvgIpc) is 3.10. The van der Waals surface area contributed by atoms with Crippen molar-refractivity contribution in [2.24, 2.45) is 0 Å². The molecule has 1 aliphatic rings. The lowest BCUT2D eigenvalue weighted by Crippen LogP contribution is -2.52. The number of piperidine rings is 1. The van der Waals surface area contributed by atoms with Crippen molar-refractivity contribution < 1.29 is 9.53 Å². The summed E-state index contributed by atoms with van der Waals surface area (Å²) in [5, 5.41) is 10.6. The standard InChI is InChI=1S/C16H19BrN4O2.ClH/c1-23-14-4-3-12(11-13(14)17)20-15(22)16(5-8-18-9-6-16)21-10-2-7-19-21;/h2-4,7,10-11,18H,5-6,8-9H2,1H3,(H,20,22);1H. The molecule has 1 amide bonds. The molecular formula is C16H20BrClN4O2. The summed E-state index contributed by atoms with van der Waals surface area (Å²) in [5.41, 5.74) is 0.0778. The lowest BCUT2D eigenvalue weighted by atomic mass is 9.87. The molecule has 0 bridgehead atoms. The van der Waals surface area contributed by atoms with Gasteiger partial charge in [-0.25, -0.2) is 0 Å². The van der Waals surface area contributed by atoms with E-state index in [1.165, 1.54) is 0 Å². The highest BCUT2D eigenvalue weighted by Gasteiger charge is 2.42. The van der Waals surface area contributed by atoms with Crippen molar-refractivity contribution in [1.82, 2.24) is 15.1 Å². The molecule has 0 atom stereocenters. The molecule has 1 fully saturated rings. The highest BCUT2D eigenvalue weighted by molar-refractivity contribution is 9.10. The summed E-state index contributed by atoms with van der Waals surface area (Å²) in [6.07, 6.45) is 4.98. The fraction of sp³-hybridized carbons (Fsp3) is 0.375. The zero-order valence-corrected chi connectivity index (χ0v) is 15.7. The van der Waals surface area contributed by atoms with Gasteiger partial charge in [0, 0.05) is 18.1 Å². The Bertz CT molecular complexity index is 687. The predicted octanol–water partition coefficient (Wildman–Crippen LogP) is 2.79. The Morgan fingerprint density at radius 1 is 1.42 bits per heavy atom. The molecule has 2 heterocycles. The van der Waals surface area contributed by atoms with Crippen LogP contribution in [0.2, 0.25) is 0 Å². The first-order valence-corrected chi connectivity index (χ1v) is 8.31. The number of ether oxygens (including phenoxy) is 1. The van der Waals surface area contributed by atoms with Crippen LogP contribution in [0.1, 0.15) is 12.8 Å². The van der Waals surface area contributed by atoms with Crippen molar-refractivity contribution in [2.75, 3.05) is 25.5 Å². The van der Waals surface area contributed by atoms with Crippen molar-refractivity contribution in [3.05, 3.63) is 41.1 Å². The quantitative estimate of drug-likeness (QED) is 0.806. The number of nitrogens with zero attached hydrogens (tertiary/aromatic N) is 2. The number of halogens is 2. The van der Waals surface area contributed by atoms with Crippen molar-refractivity contribution in [2.45, 2.75) is 18.4 Å². The summed E-state index contributed by atoms with van der Waals surface area (Å²) in [6.45, 7) is 1.58. The zero-order chi connectivity index (χ0) is 16.3. The van der Waals surface area contributed by atoms with Gasteiger partial charge in [-0.3, -0.25) is 9.48 Å². The molecule has 0 saturated carbocycles. The van der Waals surface area contributed by atoms with Gasteiger partial charge >= 0.3 is 0 Å². The second-order valence-corrected chi connectivity index (χ2v) is 6.39. The number of carbonyl (C=O) groups is 1. The van der Waals surface area contributed by atoms with E-state index in [0.717, 1.165) is 29.0 Å². The summed E-state index contributed by atoms with van der Waals surface area (Å²) in [7, 11) is 1.61. The third-order valence-electron chi connectivity index (χ3n) is 4.21. The molecule has 0 unspecified atom stereocenters. The number of anilines is 1. The second kappa shape index (κ2) is 8.00. The number of aromatic nitrogens is 2. The summed E-state index contributed by atoms with van der Waals surface area (Å²) in [6, 6.07) is 7.34. The Kier molecular flexibility index (Phi) is 6.26. The largest absolute Gasteiger partial charge is 0.496 e. The van der Waals surface area contributed by atoms with Gasteiger partial charge in [-0.2, -0.15) is 5.10 Å². The smallest absolute Gasteiger partial charge is 0.252 e. The van der Waals surface area contributed by atoms with Crippen LogP contribution in [0.15, 0.2) is 41.1 Å². The van der Waals surface area contributed by atoms with E-state index >= 15 is 0 Å². The van der Waals surface area contributed by atoms with E-state index in [0.29, 0.717) is 12.8 Å². The van der Waals surface area contributed by atoms with Gasteiger partial charge in [0.05, 0.1) is 11.6 Å². The van der Waals surface area contributed by atoms with Gasteiger partial charge < -0.3 is 15.4 Å². The molecule has 0 aliphatic carbocycles. The van der Waals surface area contributed by atoms with Crippen LogP contribution in [0, 0.1) is 0 Å². The van der Waals surface area contributed by atoms with E-state index in [1.807, 2.05) is 30.5 Å². The molecular weight excluding hydrogens is 396 g/mol. The fourth-order valence-corrected chi connectivity index (χ4v) is 3.45. The zero-order valence-electron chi connectivity index (χ0n) is 13.3. The van der Waals surface area contributed by atoms with Crippen LogP contribution >= 0.6 is 28.3 Å². The number of rotatable bonds is 4. The Hall–Kier alpha value is -1.57. The van der Waals surface area contributed by atoms with E-state index in [-0.39, 0.29) is 18.3 Å². The molecule has 3 rings (SSSR count). The minimum Gasteiger partial charge on any atom is -0.496 e. The lowest BCUT2D eigenvalue weighted by molar-refractivity contribution is -0.126. The van der Waals surface area contributed by atoms with Crippen LogP contribution in [-0.4, -0.2) is 35.9 Å². The van der Waals surface area contributed by atoms with Gasteiger partial charge in [0.25, 0.3) is 5.91 Å². The Labute approximate surface area is 155 Å². The van der Waals surface area contributed by atoms with E-state index < -0.39 is 5.54 Å². The second-order valence-electron chi connectivity index (χ2n) is 5.54. The molecule has 130 valence electrons. The molecule has 8 heteroatoms. The summed E-state index contributed by atoms with van der Waals surface area (Å²) in [5.74, 6) is 0.687. The number of methoxy groups -OCH3 is 1. The van der Waals surface area contributed by atoms with Crippen molar-refractivity contribution >= 4 is 39.9 Å². The number of carbonyl (C=O) groups excluding carboxylic acids is 1. The molecule has 1 saturated heterocycles. The molecule has 1 aromatic carbocycles. The molecule has 2 aromatic rings. The molecule has 2 N–H and O–H groups in total. The maximum Gasteiger partial charge on any atom is 0.252 e. The Morgan fingerprint density at radius 3 is 2.75 bits per heavy atom. The third kappa shape index (κ3) is 3.58. The van der Waals surface area contributed by atoms with Crippen molar-refractivity contribution in [3.8, 4) is 5.75 Å². The minimum atomic E-state index is -0.652. The minimum absolute atomic E-state index is 0. The van der Waals surface area contributed by atoms with E-state index in [9.17, 15) is 4.79 Å². The number of benzene rings is 1. The summed E-state index contributed by atoms with van der Waals surface area (Å²) < 4.78 is 7.80. The topological polar surface area (TPSA) is 68.2 Å². The van der Waals surface area contributed by atoms with Gasteiger partial charge in [-0.05, 0) is 66.1 Å². The molecule has 1 aliphatic heterocycles. The number of amides is 1. The van der Waals surface area contributed by atoms with E-state index in [4.69, 9.17) is 4.74 Å². The average molecular weight is 416 g/mol. The summed E-state index contributed by atoms with van der Waals surface area (Å²) in [4.78, 5) is 13.0. The van der Waals surface area contributed by atoms with Gasteiger partial charge in [0.15, 0.2) is 0 Å². The first-order valence-electron chi connectivity index (χ1n) is 7.51. The predicted molar refractivity (Wildman–Crippen MR) is 98.9 cm³/mol. The highest BCUT2D eigenvalue weighted by atomic mass is 79.9. The fourth-order valence-electron chi connectivity index (χ4n) is 2.91. The van der Waals surface area contributed by atoms with Gasteiger partial charge in [-0.1, -0.05) is 0 Å². The first kappa shape index (κ1) is 18.8. The SMILES string of the molecule is COc1ccc(NC(=O)C2(n3cccn3)CCNCC2)cc1Br.Cl. The van der Waals surface area contributed by atoms with Gasteiger partial charge in [0.2, 0.25) is 0 Å². The van der Waals surface area contributed by atoms with Crippen LogP contribution in [0.5, 0.6) is 5.75 Å². The normalized spacial score (nSPS) is 16.1.